The van der Waals surface area contributed by atoms with Gasteiger partial charge in [0.15, 0.2) is 0 Å². The first-order valence-electron chi connectivity index (χ1n) is 6.43. The molecule has 2 aromatic carbocycles. The molecule has 0 aliphatic carbocycles. The number of H-pyrrole nitrogens is 1. The van der Waals surface area contributed by atoms with Crippen molar-refractivity contribution in [1.29, 1.82) is 0 Å². The minimum absolute atomic E-state index is 0.654. The molecule has 1 aromatic heterocycles. The van der Waals surface area contributed by atoms with E-state index in [1.807, 2.05) is 50.2 Å². The van der Waals surface area contributed by atoms with Crippen molar-refractivity contribution in [2.45, 2.75) is 13.8 Å². The number of nitrogen functional groups attached to an aromatic ring is 1. The van der Waals surface area contributed by atoms with Gasteiger partial charge in [-0.25, -0.2) is 4.98 Å². The molecule has 0 saturated heterocycles. The van der Waals surface area contributed by atoms with Gasteiger partial charge in [0, 0.05) is 11.3 Å². The van der Waals surface area contributed by atoms with Crippen LogP contribution in [-0.4, -0.2) is 14.8 Å². The van der Waals surface area contributed by atoms with Crippen LogP contribution < -0.4 is 5.73 Å². The first kappa shape index (κ1) is 12.8. The standard InChI is InChI=1S/C16H15N3S/c1-9-7-8-11(14(17)10(9)2)15(20)16-18-12-5-3-4-6-13(12)19-16/h3-8H,17H2,1-2H3,(H,18,19). The van der Waals surface area contributed by atoms with E-state index in [1.54, 1.807) is 0 Å². The van der Waals surface area contributed by atoms with Gasteiger partial charge in [-0.15, -0.1) is 0 Å². The highest BCUT2D eigenvalue weighted by molar-refractivity contribution is 7.81. The van der Waals surface area contributed by atoms with Gasteiger partial charge in [0.05, 0.1) is 15.9 Å². The molecule has 1 heterocycles. The zero-order chi connectivity index (χ0) is 14.3. The van der Waals surface area contributed by atoms with Gasteiger partial charge in [-0.1, -0.05) is 36.5 Å². The van der Waals surface area contributed by atoms with Crippen LogP contribution in [0, 0.1) is 13.8 Å². The number of aromatic amines is 1. The van der Waals surface area contributed by atoms with Crippen LogP contribution in [-0.2, 0) is 0 Å². The van der Waals surface area contributed by atoms with Crippen LogP contribution in [0.5, 0.6) is 0 Å². The summed E-state index contributed by atoms with van der Waals surface area (Å²) in [5.74, 6) is 0.691. The molecule has 0 aliphatic rings. The SMILES string of the molecule is Cc1ccc(C(=S)c2nc3ccccc3[nH]2)c(N)c1C. The zero-order valence-corrected chi connectivity index (χ0v) is 12.2. The summed E-state index contributed by atoms with van der Waals surface area (Å²) in [6.07, 6.45) is 0. The Morgan fingerprint density at radius 1 is 1.15 bits per heavy atom. The number of nitrogens with two attached hydrogens (primary N) is 1. The first-order valence-corrected chi connectivity index (χ1v) is 6.84. The van der Waals surface area contributed by atoms with Crippen LogP contribution in [0.25, 0.3) is 11.0 Å². The number of hydrogen-bond donors (Lipinski definition) is 2. The van der Waals surface area contributed by atoms with Crippen molar-refractivity contribution in [1.82, 2.24) is 9.97 Å². The molecule has 0 saturated carbocycles. The van der Waals surface area contributed by atoms with Gasteiger partial charge in [-0.3, -0.25) is 0 Å². The minimum atomic E-state index is 0.654. The van der Waals surface area contributed by atoms with Gasteiger partial charge in [0.25, 0.3) is 0 Å². The Labute approximate surface area is 122 Å². The Kier molecular flexibility index (Phi) is 3.03. The topological polar surface area (TPSA) is 54.7 Å². The number of anilines is 1. The van der Waals surface area contributed by atoms with E-state index in [2.05, 4.69) is 9.97 Å². The van der Waals surface area contributed by atoms with Gasteiger partial charge in [-0.05, 0) is 37.1 Å². The Balaban J connectivity index is 2.11. The number of rotatable bonds is 2. The second kappa shape index (κ2) is 4.72. The van der Waals surface area contributed by atoms with E-state index in [0.717, 1.165) is 27.8 Å². The largest absolute Gasteiger partial charge is 0.398 e. The maximum absolute atomic E-state index is 6.19. The number of nitrogens with one attached hydrogen (secondary N) is 1. The third-order valence-electron chi connectivity index (χ3n) is 3.63. The van der Waals surface area contributed by atoms with Gasteiger partial charge in [0.1, 0.15) is 5.82 Å². The highest BCUT2D eigenvalue weighted by atomic mass is 32.1. The molecule has 3 rings (SSSR count). The molecule has 0 atom stereocenters. The van der Waals surface area contributed by atoms with Crippen molar-refractivity contribution in [2.75, 3.05) is 5.73 Å². The summed E-state index contributed by atoms with van der Waals surface area (Å²) in [5, 5.41) is 0. The third-order valence-corrected chi connectivity index (χ3v) is 4.05. The number of benzene rings is 2. The lowest BCUT2D eigenvalue weighted by molar-refractivity contribution is 1.29. The van der Waals surface area contributed by atoms with Crippen LogP contribution in [0.2, 0.25) is 0 Å². The average Bonchev–Trinajstić information content (AvgIpc) is 2.88. The molecule has 3 nitrogen and oxygen atoms in total. The van der Waals surface area contributed by atoms with Crippen molar-refractivity contribution >= 4 is 33.8 Å². The number of hydrogen-bond acceptors (Lipinski definition) is 3. The van der Waals surface area contributed by atoms with E-state index in [-0.39, 0.29) is 0 Å². The van der Waals surface area contributed by atoms with Gasteiger partial charge in [0.2, 0.25) is 0 Å². The number of para-hydroxylation sites is 2. The summed E-state index contributed by atoms with van der Waals surface area (Å²) in [6, 6.07) is 11.9. The lowest BCUT2D eigenvalue weighted by Gasteiger charge is -2.10. The summed E-state index contributed by atoms with van der Waals surface area (Å²) in [6.45, 7) is 4.05. The Morgan fingerprint density at radius 3 is 2.65 bits per heavy atom. The number of fused-ring (bicyclic) bond motifs is 1. The van der Waals surface area contributed by atoms with Gasteiger partial charge in [-0.2, -0.15) is 0 Å². The van der Waals surface area contributed by atoms with Crippen LogP contribution >= 0.6 is 12.2 Å². The predicted molar refractivity (Wildman–Crippen MR) is 87.2 cm³/mol. The molecule has 0 spiro atoms. The number of aromatic nitrogens is 2. The number of imidazole rings is 1. The monoisotopic (exact) mass is 281 g/mol. The fraction of sp³-hybridized carbons (Fsp3) is 0.125. The Bertz CT molecular complexity index is 785. The quantitative estimate of drug-likeness (QED) is 0.429. The molecular formula is C16H15N3S. The number of thiocarbonyl (C=S) groups is 1. The van der Waals surface area contributed by atoms with E-state index < -0.39 is 0 Å². The smallest absolute Gasteiger partial charge is 0.150 e. The van der Waals surface area contributed by atoms with E-state index >= 15 is 0 Å². The summed E-state index contributed by atoms with van der Waals surface area (Å²) >= 11 is 5.54. The Morgan fingerprint density at radius 2 is 1.90 bits per heavy atom. The predicted octanol–water partition coefficient (Wildman–Crippen LogP) is 3.53. The molecule has 0 fully saturated rings. The summed E-state index contributed by atoms with van der Waals surface area (Å²) in [5.41, 5.74) is 11.9. The third kappa shape index (κ3) is 1.98. The normalized spacial score (nSPS) is 10.9. The number of aryl methyl sites for hydroxylation is 1. The summed E-state index contributed by atoms with van der Waals surface area (Å²) < 4.78 is 0. The van der Waals surface area contributed by atoms with Crippen LogP contribution in [0.4, 0.5) is 5.69 Å². The molecule has 0 aliphatic heterocycles. The first-order chi connectivity index (χ1) is 9.58. The van der Waals surface area contributed by atoms with Crippen molar-refractivity contribution in [3.8, 4) is 0 Å². The second-order valence-electron chi connectivity index (χ2n) is 4.90. The highest BCUT2D eigenvalue weighted by Crippen LogP contribution is 2.24. The van der Waals surface area contributed by atoms with Gasteiger partial charge < -0.3 is 10.7 Å². The second-order valence-corrected chi connectivity index (χ2v) is 5.31. The molecule has 20 heavy (non-hydrogen) atoms. The van der Waals surface area contributed by atoms with Crippen molar-refractivity contribution in [2.24, 2.45) is 0 Å². The molecule has 3 aromatic rings. The molecule has 0 bridgehead atoms. The maximum atomic E-state index is 6.19. The van der Waals surface area contributed by atoms with Crippen LogP contribution in [0.15, 0.2) is 36.4 Å². The van der Waals surface area contributed by atoms with Crippen molar-refractivity contribution in [3.63, 3.8) is 0 Å². The zero-order valence-electron chi connectivity index (χ0n) is 11.4. The average molecular weight is 281 g/mol. The molecule has 0 unspecified atom stereocenters. The molecule has 0 amide bonds. The minimum Gasteiger partial charge on any atom is -0.398 e. The molecule has 100 valence electrons. The Hall–Kier alpha value is -2.20. The van der Waals surface area contributed by atoms with Crippen molar-refractivity contribution < 1.29 is 0 Å². The highest BCUT2D eigenvalue weighted by Gasteiger charge is 2.14. The van der Waals surface area contributed by atoms with Gasteiger partial charge >= 0.3 is 0 Å². The lowest BCUT2D eigenvalue weighted by Crippen LogP contribution is -2.08. The molecular weight excluding hydrogens is 266 g/mol. The molecule has 0 radical (unpaired) electrons. The van der Waals surface area contributed by atoms with Crippen LogP contribution in [0.3, 0.4) is 0 Å². The fourth-order valence-electron chi connectivity index (χ4n) is 2.22. The fourth-order valence-corrected chi connectivity index (χ4v) is 2.50. The summed E-state index contributed by atoms with van der Waals surface area (Å²) in [4.78, 5) is 8.43. The van der Waals surface area contributed by atoms with Crippen molar-refractivity contribution in [3.05, 3.63) is 58.9 Å². The molecule has 3 N–H and O–H groups in total. The lowest BCUT2D eigenvalue weighted by atomic mass is 10.0. The summed E-state index contributed by atoms with van der Waals surface area (Å²) in [7, 11) is 0. The van der Waals surface area contributed by atoms with Crippen LogP contribution in [0.1, 0.15) is 22.5 Å². The molecule has 4 heteroatoms. The number of nitrogens with zero attached hydrogens (tertiary/aromatic N) is 1. The van der Waals surface area contributed by atoms with E-state index in [9.17, 15) is 0 Å². The van der Waals surface area contributed by atoms with E-state index in [1.165, 1.54) is 5.56 Å². The maximum Gasteiger partial charge on any atom is 0.150 e. The van der Waals surface area contributed by atoms with E-state index in [0.29, 0.717) is 10.7 Å². The van der Waals surface area contributed by atoms with E-state index in [4.69, 9.17) is 18.0 Å².